The van der Waals surface area contributed by atoms with Crippen molar-refractivity contribution in [1.29, 1.82) is 0 Å². The van der Waals surface area contributed by atoms with Crippen LogP contribution in [-0.4, -0.2) is 84.8 Å². The molecule has 0 bridgehead atoms. The van der Waals surface area contributed by atoms with Crippen LogP contribution in [0, 0.1) is 16.0 Å². The van der Waals surface area contributed by atoms with Gasteiger partial charge in [0.2, 0.25) is 15.9 Å². The highest BCUT2D eigenvalue weighted by Gasteiger charge is 2.40. The van der Waals surface area contributed by atoms with E-state index in [2.05, 4.69) is 0 Å². The highest BCUT2D eigenvalue weighted by molar-refractivity contribution is 7.88. The Morgan fingerprint density at radius 3 is 2.27 bits per heavy atom. The number of rotatable bonds is 4. The second-order valence-corrected chi connectivity index (χ2v) is 8.27. The minimum Gasteiger partial charge on any atom is -0.395 e. The second kappa shape index (κ2) is 6.68. The van der Waals surface area contributed by atoms with Gasteiger partial charge >= 0.3 is 5.88 Å². The largest absolute Gasteiger partial charge is 0.433 e. The molecular weight excluding hydrogens is 368 g/mol. The molecule has 0 spiro atoms. The van der Waals surface area contributed by atoms with Gasteiger partial charge in [-0.2, -0.15) is 4.31 Å². The Morgan fingerprint density at radius 2 is 1.77 bits per heavy atom. The topological polar surface area (TPSA) is 134 Å². The third kappa shape index (κ3) is 3.55. The van der Waals surface area contributed by atoms with Gasteiger partial charge < -0.3 is 14.2 Å². The standard InChI is InChI=1S/C14H18N4O7S/c1-26(23,24)17-6-4-15(5-7-17)13(19)10-8-16(9-10)14(20)11-2-3-12(25-11)18(21)22/h2-3,10H,4-9H2,1H3. The number of sulfonamides is 1. The van der Waals surface area contributed by atoms with Crippen molar-refractivity contribution in [1.82, 2.24) is 14.1 Å². The number of hydrogen-bond acceptors (Lipinski definition) is 7. The molecule has 0 aromatic carbocycles. The zero-order chi connectivity index (χ0) is 19.1. The first-order valence-electron chi connectivity index (χ1n) is 7.94. The monoisotopic (exact) mass is 386 g/mol. The van der Waals surface area contributed by atoms with Gasteiger partial charge in [-0.1, -0.05) is 0 Å². The zero-order valence-corrected chi connectivity index (χ0v) is 14.8. The average molecular weight is 386 g/mol. The fourth-order valence-corrected chi connectivity index (χ4v) is 3.82. The van der Waals surface area contributed by atoms with Gasteiger partial charge in [0, 0.05) is 39.3 Å². The SMILES string of the molecule is CS(=O)(=O)N1CCN(C(=O)C2CN(C(=O)c3ccc([N+](=O)[O-])o3)C2)CC1. The number of nitro groups is 1. The molecule has 12 heteroatoms. The first-order valence-corrected chi connectivity index (χ1v) is 9.79. The van der Waals surface area contributed by atoms with Gasteiger partial charge in [0.1, 0.15) is 4.92 Å². The van der Waals surface area contributed by atoms with E-state index in [0.29, 0.717) is 13.1 Å². The Kier molecular flexibility index (Phi) is 4.71. The lowest BCUT2D eigenvalue weighted by Crippen LogP contribution is -2.59. The van der Waals surface area contributed by atoms with Crippen LogP contribution in [0.1, 0.15) is 10.6 Å². The quantitative estimate of drug-likeness (QED) is 0.496. The first-order chi connectivity index (χ1) is 12.2. The molecule has 1 aromatic rings. The van der Waals surface area contributed by atoms with Crippen LogP contribution in [0.4, 0.5) is 5.88 Å². The average Bonchev–Trinajstić information content (AvgIpc) is 3.02. The molecule has 26 heavy (non-hydrogen) atoms. The molecule has 3 heterocycles. The van der Waals surface area contributed by atoms with Gasteiger partial charge in [-0.15, -0.1) is 0 Å². The third-order valence-electron chi connectivity index (χ3n) is 4.52. The van der Waals surface area contributed by atoms with Crippen LogP contribution in [0.3, 0.4) is 0 Å². The molecule has 0 N–H and O–H groups in total. The van der Waals surface area contributed by atoms with Crippen molar-refractivity contribution in [3.8, 4) is 0 Å². The van der Waals surface area contributed by atoms with Crippen molar-refractivity contribution >= 4 is 27.7 Å². The number of carbonyl (C=O) groups excluding carboxylic acids is 2. The molecule has 0 radical (unpaired) electrons. The zero-order valence-electron chi connectivity index (χ0n) is 14.0. The minimum absolute atomic E-state index is 0.118. The maximum atomic E-state index is 12.4. The normalized spacial score (nSPS) is 19.3. The van der Waals surface area contributed by atoms with E-state index in [1.165, 1.54) is 15.3 Å². The van der Waals surface area contributed by atoms with Gasteiger partial charge in [-0.3, -0.25) is 19.7 Å². The lowest BCUT2D eigenvalue weighted by atomic mass is 9.97. The highest BCUT2D eigenvalue weighted by atomic mass is 32.2. The summed E-state index contributed by atoms with van der Waals surface area (Å²) < 4.78 is 29.2. The van der Waals surface area contributed by atoms with Crippen molar-refractivity contribution in [3.63, 3.8) is 0 Å². The smallest absolute Gasteiger partial charge is 0.395 e. The number of furan rings is 1. The van der Waals surface area contributed by atoms with E-state index in [-0.39, 0.29) is 43.8 Å². The summed E-state index contributed by atoms with van der Waals surface area (Å²) in [4.78, 5) is 37.5. The van der Waals surface area contributed by atoms with E-state index in [1.54, 1.807) is 4.90 Å². The predicted octanol–water partition coefficient (Wildman–Crippen LogP) is -0.636. The molecule has 0 unspecified atom stereocenters. The lowest BCUT2D eigenvalue weighted by molar-refractivity contribution is -0.402. The van der Waals surface area contributed by atoms with Crippen LogP contribution in [0.15, 0.2) is 16.5 Å². The predicted molar refractivity (Wildman–Crippen MR) is 87.8 cm³/mol. The molecule has 0 aliphatic carbocycles. The molecule has 2 aliphatic heterocycles. The molecule has 2 saturated heterocycles. The Morgan fingerprint density at radius 1 is 1.15 bits per heavy atom. The molecule has 2 amide bonds. The number of nitrogens with zero attached hydrogens (tertiary/aromatic N) is 4. The molecular formula is C14H18N4O7S. The molecule has 0 saturated carbocycles. The number of hydrogen-bond donors (Lipinski definition) is 0. The van der Waals surface area contributed by atoms with Crippen molar-refractivity contribution in [2.75, 3.05) is 45.5 Å². The van der Waals surface area contributed by atoms with E-state index >= 15 is 0 Å². The van der Waals surface area contributed by atoms with Crippen LogP contribution in [-0.2, 0) is 14.8 Å². The van der Waals surface area contributed by atoms with Gasteiger partial charge in [0.25, 0.3) is 5.91 Å². The van der Waals surface area contributed by atoms with Gasteiger partial charge in [0.15, 0.2) is 5.76 Å². The van der Waals surface area contributed by atoms with Crippen LogP contribution in [0.2, 0.25) is 0 Å². The van der Waals surface area contributed by atoms with Gasteiger partial charge in [-0.05, 0) is 6.07 Å². The van der Waals surface area contributed by atoms with E-state index in [4.69, 9.17) is 4.42 Å². The first kappa shape index (κ1) is 18.3. The van der Waals surface area contributed by atoms with E-state index in [0.717, 1.165) is 12.3 Å². The Bertz CT molecular complexity index is 835. The molecule has 2 aliphatic rings. The molecule has 1 aromatic heterocycles. The summed E-state index contributed by atoms with van der Waals surface area (Å²) in [5.74, 6) is -1.61. The third-order valence-corrected chi connectivity index (χ3v) is 5.82. The summed E-state index contributed by atoms with van der Waals surface area (Å²) in [7, 11) is -3.26. The molecule has 0 atom stereocenters. The fraction of sp³-hybridized carbons (Fsp3) is 0.571. The summed E-state index contributed by atoms with van der Waals surface area (Å²) in [6, 6.07) is 2.34. The summed E-state index contributed by atoms with van der Waals surface area (Å²) in [6.45, 7) is 1.57. The summed E-state index contributed by atoms with van der Waals surface area (Å²) in [5, 5.41) is 10.6. The van der Waals surface area contributed by atoms with Crippen molar-refractivity contribution in [2.24, 2.45) is 5.92 Å². The van der Waals surface area contributed by atoms with Crippen LogP contribution >= 0.6 is 0 Å². The summed E-state index contributed by atoms with van der Waals surface area (Å²) in [6.07, 6.45) is 1.14. The maximum Gasteiger partial charge on any atom is 0.433 e. The van der Waals surface area contributed by atoms with Crippen LogP contribution in [0.25, 0.3) is 0 Å². The van der Waals surface area contributed by atoms with Gasteiger partial charge in [0.05, 0.1) is 18.2 Å². The van der Waals surface area contributed by atoms with Crippen molar-refractivity contribution in [3.05, 3.63) is 28.0 Å². The van der Waals surface area contributed by atoms with E-state index in [9.17, 15) is 28.1 Å². The van der Waals surface area contributed by atoms with E-state index < -0.39 is 26.7 Å². The Balaban J connectivity index is 1.51. The summed E-state index contributed by atoms with van der Waals surface area (Å²) in [5.41, 5.74) is 0. The van der Waals surface area contributed by atoms with E-state index in [1.807, 2.05) is 0 Å². The molecule has 11 nitrogen and oxygen atoms in total. The molecule has 2 fully saturated rings. The number of piperazine rings is 1. The molecule has 3 rings (SSSR count). The summed E-state index contributed by atoms with van der Waals surface area (Å²) >= 11 is 0. The maximum absolute atomic E-state index is 12.4. The Labute approximate surface area is 149 Å². The minimum atomic E-state index is -3.26. The van der Waals surface area contributed by atoms with Gasteiger partial charge in [-0.25, -0.2) is 8.42 Å². The Hall–Kier alpha value is -2.47. The number of likely N-dealkylation sites (tertiary alicyclic amines) is 1. The van der Waals surface area contributed by atoms with Crippen molar-refractivity contribution < 1.29 is 27.3 Å². The number of amides is 2. The van der Waals surface area contributed by atoms with Crippen LogP contribution in [0.5, 0.6) is 0 Å². The van der Waals surface area contributed by atoms with Crippen LogP contribution < -0.4 is 0 Å². The number of carbonyl (C=O) groups is 2. The fourth-order valence-electron chi connectivity index (χ4n) is 3.00. The highest BCUT2D eigenvalue weighted by Crippen LogP contribution is 2.24. The second-order valence-electron chi connectivity index (χ2n) is 6.29. The molecule has 142 valence electrons. The van der Waals surface area contributed by atoms with Crippen molar-refractivity contribution in [2.45, 2.75) is 0 Å². The lowest BCUT2D eigenvalue weighted by Gasteiger charge is -2.42.